The van der Waals surface area contributed by atoms with E-state index in [0.29, 0.717) is 28.2 Å². The predicted octanol–water partition coefficient (Wildman–Crippen LogP) is 4.55. The van der Waals surface area contributed by atoms with Gasteiger partial charge in [0.2, 0.25) is 0 Å². The molecular formula is C25H16FNO4. The Morgan fingerprint density at radius 2 is 1.45 bits per heavy atom. The molecule has 1 heterocycles. The second kappa shape index (κ2) is 8.59. The quantitative estimate of drug-likeness (QED) is 0.366. The van der Waals surface area contributed by atoms with Gasteiger partial charge in [0.05, 0.1) is 5.57 Å². The number of ketones is 1. The van der Waals surface area contributed by atoms with E-state index in [0.717, 1.165) is 5.56 Å². The topological polar surface area (TPSA) is 72.5 Å². The van der Waals surface area contributed by atoms with Crippen LogP contribution in [0.2, 0.25) is 0 Å². The third-order valence-electron chi connectivity index (χ3n) is 4.59. The van der Waals surface area contributed by atoms with Crippen molar-refractivity contribution in [1.82, 2.24) is 5.32 Å². The van der Waals surface area contributed by atoms with E-state index in [9.17, 15) is 18.8 Å². The Balaban J connectivity index is 1.39. The highest BCUT2D eigenvalue weighted by Gasteiger charge is 2.21. The molecule has 0 fully saturated rings. The van der Waals surface area contributed by atoms with Crippen LogP contribution in [0, 0.1) is 5.82 Å². The minimum absolute atomic E-state index is 0.215. The molecule has 6 heteroatoms. The van der Waals surface area contributed by atoms with Gasteiger partial charge in [-0.2, -0.15) is 0 Å². The van der Waals surface area contributed by atoms with Crippen molar-refractivity contribution in [1.29, 1.82) is 0 Å². The van der Waals surface area contributed by atoms with Crippen LogP contribution in [0.4, 0.5) is 4.39 Å². The third-order valence-corrected chi connectivity index (χ3v) is 4.59. The predicted molar refractivity (Wildman–Crippen MR) is 114 cm³/mol. The first-order valence-corrected chi connectivity index (χ1v) is 9.41. The molecule has 2 amide bonds. The van der Waals surface area contributed by atoms with E-state index in [1.165, 1.54) is 36.4 Å². The van der Waals surface area contributed by atoms with Crippen LogP contribution in [0.25, 0.3) is 11.6 Å². The normalized spacial score (nSPS) is 13.3. The van der Waals surface area contributed by atoms with Gasteiger partial charge in [0.25, 0.3) is 11.8 Å². The summed E-state index contributed by atoms with van der Waals surface area (Å²) in [5.74, 6) is -0.268. The maximum absolute atomic E-state index is 12.9. The number of benzene rings is 3. The second-order valence-corrected chi connectivity index (χ2v) is 6.78. The van der Waals surface area contributed by atoms with E-state index in [2.05, 4.69) is 5.32 Å². The molecule has 1 aliphatic rings. The Hall–Kier alpha value is -4.32. The van der Waals surface area contributed by atoms with Gasteiger partial charge < -0.3 is 4.74 Å². The molecular weight excluding hydrogens is 397 g/mol. The van der Waals surface area contributed by atoms with Gasteiger partial charge in [0.15, 0.2) is 5.78 Å². The summed E-state index contributed by atoms with van der Waals surface area (Å²) in [7, 11) is 0. The summed E-state index contributed by atoms with van der Waals surface area (Å²) in [6, 6.07) is 19.4. The number of hydrogen-bond acceptors (Lipinski definition) is 4. The van der Waals surface area contributed by atoms with E-state index in [-0.39, 0.29) is 11.6 Å². The van der Waals surface area contributed by atoms with Crippen molar-refractivity contribution in [2.24, 2.45) is 0 Å². The molecule has 4 rings (SSSR count). The summed E-state index contributed by atoms with van der Waals surface area (Å²) >= 11 is 0. The van der Waals surface area contributed by atoms with Crippen LogP contribution >= 0.6 is 0 Å². The highest BCUT2D eigenvalue weighted by atomic mass is 19.1. The average Bonchev–Trinajstić information content (AvgIpc) is 3.12. The first kappa shape index (κ1) is 20.0. The molecule has 0 radical (unpaired) electrons. The lowest BCUT2D eigenvalue weighted by Gasteiger charge is -2.07. The molecule has 1 aliphatic heterocycles. The molecule has 0 aromatic heterocycles. The Bertz CT molecular complexity index is 1210. The smallest absolute Gasteiger partial charge is 0.258 e. The van der Waals surface area contributed by atoms with Crippen LogP contribution in [0.3, 0.4) is 0 Å². The van der Waals surface area contributed by atoms with Crippen molar-refractivity contribution in [3.8, 4) is 11.5 Å². The van der Waals surface area contributed by atoms with Crippen molar-refractivity contribution in [3.63, 3.8) is 0 Å². The van der Waals surface area contributed by atoms with Crippen LogP contribution in [0.5, 0.6) is 11.5 Å². The van der Waals surface area contributed by atoms with Gasteiger partial charge in [-0.1, -0.05) is 30.3 Å². The van der Waals surface area contributed by atoms with Gasteiger partial charge in [-0.15, -0.1) is 0 Å². The number of hydrogen-bond donors (Lipinski definition) is 1. The average molecular weight is 413 g/mol. The number of imide groups is 1. The summed E-state index contributed by atoms with van der Waals surface area (Å²) in [6.45, 7) is 0. The minimum Gasteiger partial charge on any atom is -0.457 e. The van der Waals surface area contributed by atoms with Crippen molar-refractivity contribution < 1.29 is 23.5 Å². The standard InChI is InChI=1S/C25H16FNO4/c26-19-8-4-18(5-9-19)23(28)14-3-16-1-10-20(11-2-16)31-21-12-6-17(7-13-21)22-15-24(29)27-25(22)30/h1-15H,(H,27,29,30). The fraction of sp³-hybridized carbons (Fsp3) is 0. The van der Waals surface area contributed by atoms with Crippen molar-refractivity contribution in [3.05, 3.63) is 107 Å². The molecule has 152 valence electrons. The molecule has 3 aromatic rings. The maximum atomic E-state index is 12.9. The van der Waals surface area contributed by atoms with Crippen LogP contribution < -0.4 is 10.1 Å². The maximum Gasteiger partial charge on any atom is 0.258 e. The third kappa shape index (κ3) is 4.82. The Kier molecular flexibility index (Phi) is 5.53. The molecule has 0 aliphatic carbocycles. The molecule has 0 saturated heterocycles. The molecule has 5 nitrogen and oxygen atoms in total. The number of carbonyl (C=O) groups excluding carboxylic acids is 3. The Labute approximate surface area is 177 Å². The molecule has 31 heavy (non-hydrogen) atoms. The summed E-state index contributed by atoms with van der Waals surface area (Å²) in [4.78, 5) is 35.1. The number of halogens is 1. The molecule has 0 bridgehead atoms. The lowest BCUT2D eigenvalue weighted by Crippen LogP contribution is -2.21. The molecule has 3 aromatic carbocycles. The number of nitrogens with one attached hydrogen (secondary N) is 1. The Morgan fingerprint density at radius 3 is 2.03 bits per heavy atom. The number of rotatable bonds is 6. The van der Waals surface area contributed by atoms with Gasteiger partial charge in [0.1, 0.15) is 17.3 Å². The van der Waals surface area contributed by atoms with Crippen molar-refractivity contribution in [2.45, 2.75) is 0 Å². The van der Waals surface area contributed by atoms with Crippen molar-refractivity contribution >= 4 is 29.2 Å². The molecule has 1 N–H and O–H groups in total. The van der Waals surface area contributed by atoms with Gasteiger partial charge in [-0.05, 0) is 65.7 Å². The second-order valence-electron chi connectivity index (χ2n) is 6.78. The first-order valence-electron chi connectivity index (χ1n) is 9.41. The van der Waals surface area contributed by atoms with E-state index >= 15 is 0 Å². The SMILES string of the molecule is O=C1C=C(c2ccc(Oc3ccc(C=CC(=O)c4ccc(F)cc4)cc3)cc2)C(=O)N1. The van der Waals surface area contributed by atoms with E-state index in [1.54, 1.807) is 54.6 Å². The summed E-state index contributed by atoms with van der Waals surface area (Å²) < 4.78 is 18.7. The van der Waals surface area contributed by atoms with E-state index in [1.807, 2.05) is 0 Å². The van der Waals surface area contributed by atoms with Crippen molar-refractivity contribution in [2.75, 3.05) is 0 Å². The number of amides is 2. The van der Waals surface area contributed by atoms with Crippen LogP contribution in [0.1, 0.15) is 21.5 Å². The number of allylic oxidation sites excluding steroid dienone is 1. The Morgan fingerprint density at radius 1 is 0.839 bits per heavy atom. The van der Waals surface area contributed by atoms with Crippen LogP contribution in [-0.2, 0) is 9.59 Å². The lowest BCUT2D eigenvalue weighted by molar-refractivity contribution is -0.123. The highest BCUT2D eigenvalue weighted by molar-refractivity contribution is 6.33. The van der Waals surface area contributed by atoms with Crippen LogP contribution in [-0.4, -0.2) is 17.6 Å². The lowest BCUT2D eigenvalue weighted by atomic mass is 10.1. The van der Waals surface area contributed by atoms with E-state index < -0.39 is 11.8 Å². The minimum atomic E-state index is -0.422. The fourth-order valence-electron chi connectivity index (χ4n) is 2.99. The van der Waals surface area contributed by atoms with Gasteiger partial charge in [-0.3, -0.25) is 19.7 Å². The highest BCUT2D eigenvalue weighted by Crippen LogP contribution is 2.25. The van der Waals surface area contributed by atoms with Gasteiger partial charge in [-0.25, -0.2) is 4.39 Å². The zero-order valence-electron chi connectivity index (χ0n) is 16.2. The summed E-state index contributed by atoms with van der Waals surface area (Å²) in [6.07, 6.45) is 4.37. The molecule has 0 unspecified atom stereocenters. The van der Waals surface area contributed by atoms with Gasteiger partial charge in [0, 0.05) is 11.6 Å². The monoisotopic (exact) mass is 413 g/mol. The summed E-state index contributed by atoms with van der Waals surface area (Å²) in [5, 5.41) is 2.21. The first-order chi connectivity index (χ1) is 15.0. The molecule has 0 saturated carbocycles. The van der Waals surface area contributed by atoms with Gasteiger partial charge >= 0.3 is 0 Å². The fourth-order valence-corrected chi connectivity index (χ4v) is 2.99. The zero-order valence-corrected chi connectivity index (χ0v) is 16.2. The van der Waals surface area contributed by atoms with E-state index in [4.69, 9.17) is 4.74 Å². The largest absolute Gasteiger partial charge is 0.457 e. The molecule has 0 atom stereocenters. The number of carbonyl (C=O) groups is 3. The zero-order chi connectivity index (χ0) is 21.8. The summed E-state index contributed by atoms with van der Waals surface area (Å²) in [5.41, 5.74) is 2.17. The number of ether oxygens (including phenoxy) is 1. The molecule has 0 spiro atoms. The van der Waals surface area contributed by atoms with Crippen LogP contribution in [0.15, 0.2) is 84.9 Å².